The van der Waals surface area contributed by atoms with Crippen LogP contribution in [0.3, 0.4) is 0 Å². The zero-order chi connectivity index (χ0) is 22.6. The minimum absolute atomic E-state index is 0.0353. The quantitative estimate of drug-likeness (QED) is 0.615. The third-order valence-corrected chi connectivity index (χ3v) is 6.28. The topological polar surface area (TPSA) is 126 Å². The van der Waals surface area contributed by atoms with Crippen LogP contribution in [-0.4, -0.2) is 50.1 Å². The lowest BCUT2D eigenvalue weighted by Gasteiger charge is -2.32. The number of carboxylic acid groups (broad SMARTS) is 1. The Balaban J connectivity index is 1.78. The van der Waals surface area contributed by atoms with E-state index < -0.39 is 21.8 Å². The van der Waals surface area contributed by atoms with E-state index in [-0.39, 0.29) is 33.9 Å². The Bertz CT molecular complexity index is 1070. The monoisotopic (exact) mass is 451 g/mol. The van der Waals surface area contributed by atoms with Crippen LogP contribution in [-0.2, 0) is 19.6 Å². The van der Waals surface area contributed by atoms with Crippen LogP contribution in [0.4, 0.5) is 15.9 Å². The van der Waals surface area contributed by atoms with Crippen LogP contribution in [0.2, 0.25) is 0 Å². The Labute approximate surface area is 178 Å². The SMILES string of the molecule is CCOC(=O)C1CCN(c2ncc(NS(=O)(=O)c3ccc(F)cc3)cc2C(=O)O)CC1. The van der Waals surface area contributed by atoms with Gasteiger partial charge < -0.3 is 14.7 Å². The number of sulfonamides is 1. The van der Waals surface area contributed by atoms with E-state index in [1.54, 1.807) is 11.8 Å². The molecule has 3 rings (SSSR count). The van der Waals surface area contributed by atoms with E-state index in [1.807, 2.05) is 0 Å². The number of rotatable bonds is 7. The minimum atomic E-state index is -4.05. The van der Waals surface area contributed by atoms with Gasteiger partial charge in [-0.2, -0.15) is 0 Å². The molecule has 0 radical (unpaired) electrons. The number of nitrogens with zero attached hydrogens (tertiary/aromatic N) is 2. The second-order valence-corrected chi connectivity index (χ2v) is 8.66. The van der Waals surface area contributed by atoms with Gasteiger partial charge in [0.1, 0.15) is 17.2 Å². The molecule has 9 nitrogen and oxygen atoms in total. The van der Waals surface area contributed by atoms with Gasteiger partial charge in [-0.15, -0.1) is 0 Å². The number of esters is 1. The lowest BCUT2D eigenvalue weighted by atomic mass is 9.96. The van der Waals surface area contributed by atoms with E-state index in [0.29, 0.717) is 32.5 Å². The Morgan fingerprint density at radius 3 is 2.48 bits per heavy atom. The second-order valence-electron chi connectivity index (χ2n) is 6.97. The zero-order valence-electron chi connectivity index (χ0n) is 16.7. The summed E-state index contributed by atoms with van der Waals surface area (Å²) < 4.78 is 45.3. The fourth-order valence-corrected chi connectivity index (χ4v) is 4.37. The molecule has 0 bridgehead atoms. The lowest BCUT2D eigenvalue weighted by Crippen LogP contribution is -2.38. The molecule has 0 spiro atoms. The number of aromatic carboxylic acids is 1. The molecule has 31 heavy (non-hydrogen) atoms. The number of carboxylic acids is 1. The predicted octanol–water partition coefficient (Wildman–Crippen LogP) is 2.50. The van der Waals surface area contributed by atoms with E-state index in [4.69, 9.17) is 4.74 Å². The van der Waals surface area contributed by atoms with Crippen molar-refractivity contribution >= 4 is 33.5 Å². The number of piperidine rings is 1. The molecule has 1 aromatic carbocycles. The second kappa shape index (κ2) is 9.29. The van der Waals surface area contributed by atoms with Crippen LogP contribution in [0.1, 0.15) is 30.1 Å². The van der Waals surface area contributed by atoms with Crippen molar-refractivity contribution < 1.29 is 32.2 Å². The van der Waals surface area contributed by atoms with Crippen LogP contribution in [0.25, 0.3) is 0 Å². The number of aromatic nitrogens is 1. The molecule has 0 saturated carbocycles. The summed E-state index contributed by atoms with van der Waals surface area (Å²) in [7, 11) is -4.05. The number of hydrogen-bond donors (Lipinski definition) is 2. The summed E-state index contributed by atoms with van der Waals surface area (Å²) in [6.07, 6.45) is 2.22. The molecule has 1 aromatic heterocycles. The first-order valence-electron chi connectivity index (χ1n) is 9.64. The van der Waals surface area contributed by atoms with Crippen LogP contribution >= 0.6 is 0 Å². The lowest BCUT2D eigenvalue weighted by molar-refractivity contribution is -0.148. The van der Waals surface area contributed by atoms with Crippen molar-refractivity contribution in [1.82, 2.24) is 4.98 Å². The molecule has 0 amide bonds. The highest BCUT2D eigenvalue weighted by molar-refractivity contribution is 7.92. The summed E-state index contributed by atoms with van der Waals surface area (Å²) in [6, 6.07) is 5.41. The molecule has 2 heterocycles. The standard InChI is InChI=1S/C20H22FN3O6S/c1-2-30-20(27)13-7-9-24(10-8-13)18-17(19(25)26)11-15(12-22-18)23-31(28,29)16-5-3-14(21)4-6-16/h3-6,11-13,23H,2,7-10H2,1H3,(H,25,26). The average Bonchev–Trinajstić information content (AvgIpc) is 2.74. The number of ether oxygens (including phenoxy) is 1. The Hall–Kier alpha value is -3.21. The number of benzene rings is 1. The number of anilines is 2. The summed E-state index contributed by atoms with van der Waals surface area (Å²) in [5, 5.41) is 9.62. The number of hydrogen-bond acceptors (Lipinski definition) is 7. The molecule has 0 atom stereocenters. The van der Waals surface area contributed by atoms with Crippen LogP contribution in [0, 0.1) is 11.7 Å². The Morgan fingerprint density at radius 2 is 1.90 bits per heavy atom. The van der Waals surface area contributed by atoms with Crippen LogP contribution < -0.4 is 9.62 Å². The van der Waals surface area contributed by atoms with Gasteiger partial charge in [0.15, 0.2) is 0 Å². The molecule has 1 aliphatic heterocycles. The van der Waals surface area contributed by atoms with Gasteiger partial charge in [-0.05, 0) is 50.1 Å². The van der Waals surface area contributed by atoms with Gasteiger partial charge in [-0.25, -0.2) is 22.6 Å². The molecular weight excluding hydrogens is 429 g/mol. The first-order valence-corrected chi connectivity index (χ1v) is 11.1. The average molecular weight is 451 g/mol. The highest BCUT2D eigenvalue weighted by Crippen LogP contribution is 2.28. The number of nitrogens with one attached hydrogen (secondary N) is 1. The van der Waals surface area contributed by atoms with E-state index in [9.17, 15) is 27.5 Å². The Kier molecular flexibility index (Phi) is 6.74. The van der Waals surface area contributed by atoms with E-state index in [2.05, 4.69) is 9.71 Å². The van der Waals surface area contributed by atoms with Gasteiger partial charge in [0, 0.05) is 13.1 Å². The zero-order valence-corrected chi connectivity index (χ0v) is 17.6. The molecule has 2 N–H and O–H groups in total. The van der Waals surface area contributed by atoms with E-state index in [0.717, 1.165) is 24.3 Å². The van der Waals surface area contributed by atoms with Crippen molar-refractivity contribution in [2.24, 2.45) is 5.92 Å². The van der Waals surface area contributed by atoms with Gasteiger partial charge in [-0.1, -0.05) is 0 Å². The number of pyridine rings is 1. The molecule has 11 heteroatoms. The minimum Gasteiger partial charge on any atom is -0.478 e. The molecular formula is C20H22FN3O6S. The van der Waals surface area contributed by atoms with Gasteiger partial charge >= 0.3 is 11.9 Å². The number of carbonyl (C=O) groups is 2. The molecule has 1 saturated heterocycles. The maximum absolute atomic E-state index is 13.1. The summed E-state index contributed by atoms with van der Waals surface area (Å²) in [5.74, 6) is -2.16. The largest absolute Gasteiger partial charge is 0.478 e. The highest BCUT2D eigenvalue weighted by atomic mass is 32.2. The van der Waals surface area contributed by atoms with Crippen molar-refractivity contribution in [3.63, 3.8) is 0 Å². The summed E-state index contributed by atoms with van der Waals surface area (Å²) in [6.45, 7) is 2.87. The smallest absolute Gasteiger partial charge is 0.339 e. The molecule has 1 aliphatic rings. The van der Waals surface area contributed by atoms with E-state index >= 15 is 0 Å². The van der Waals surface area contributed by atoms with Crippen LogP contribution in [0.5, 0.6) is 0 Å². The summed E-state index contributed by atoms with van der Waals surface area (Å²) in [4.78, 5) is 29.4. The van der Waals surface area contributed by atoms with Crippen LogP contribution in [0.15, 0.2) is 41.4 Å². The van der Waals surface area contributed by atoms with Gasteiger partial charge in [0.25, 0.3) is 10.0 Å². The third kappa shape index (κ3) is 5.29. The fraction of sp³-hybridized carbons (Fsp3) is 0.350. The summed E-state index contributed by atoms with van der Waals surface area (Å²) in [5.41, 5.74) is -0.208. The molecule has 1 fully saturated rings. The molecule has 0 aliphatic carbocycles. The number of carbonyl (C=O) groups excluding carboxylic acids is 1. The third-order valence-electron chi connectivity index (χ3n) is 4.89. The van der Waals surface area contributed by atoms with Crippen molar-refractivity contribution in [2.45, 2.75) is 24.7 Å². The summed E-state index contributed by atoms with van der Waals surface area (Å²) >= 11 is 0. The normalized spacial score (nSPS) is 14.8. The fourth-order valence-electron chi connectivity index (χ4n) is 3.34. The highest BCUT2D eigenvalue weighted by Gasteiger charge is 2.29. The maximum atomic E-state index is 13.1. The molecule has 2 aromatic rings. The van der Waals surface area contributed by atoms with Crippen molar-refractivity contribution in [3.8, 4) is 0 Å². The van der Waals surface area contributed by atoms with Crippen molar-refractivity contribution in [2.75, 3.05) is 29.3 Å². The van der Waals surface area contributed by atoms with Gasteiger partial charge in [0.05, 0.1) is 29.3 Å². The first-order chi connectivity index (χ1) is 14.7. The van der Waals surface area contributed by atoms with Gasteiger partial charge in [0.2, 0.25) is 0 Å². The first kappa shape index (κ1) is 22.5. The molecule has 166 valence electrons. The van der Waals surface area contributed by atoms with Crippen molar-refractivity contribution in [3.05, 3.63) is 47.9 Å². The molecule has 0 unspecified atom stereocenters. The van der Waals surface area contributed by atoms with Crippen molar-refractivity contribution in [1.29, 1.82) is 0 Å². The van der Waals surface area contributed by atoms with E-state index in [1.165, 1.54) is 12.3 Å². The Morgan fingerprint density at radius 1 is 1.26 bits per heavy atom. The predicted molar refractivity (Wildman–Crippen MR) is 110 cm³/mol. The number of halogens is 1. The maximum Gasteiger partial charge on any atom is 0.339 e. The van der Waals surface area contributed by atoms with Gasteiger partial charge in [-0.3, -0.25) is 9.52 Å².